The highest BCUT2D eigenvalue weighted by Crippen LogP contribution is 2.20. The van der Waals surface area contributed by atoms with E-state index in [2.05, 4.69) is 34.7 Å². The Balaban J connectivity index is 1.65. The molecule has 1 amide bonds. The number of ether oxygens (including phenoxy) is 1. The van der Waals surface area contributed by atoms with Crippen molar-refractivity contribution in [1.29, 1.82) is 0 Å². The average Bonchev–Trinajstić information content (AvgIpc) is 2.73. The highest BCUT2D eigenvalue weighted by molar-refractivity contribution is 5.93. The molecule has 0 aliphatic carbocycles. The third kappa shape index (κ3) is 4.85. The molecule has 138 valence electrons. The summed E-state index contributed by atoms with van der Waals surface area (Å²) in [5.41, 5.74) is 3.32. The number of nitrogens with one attached hydrogen (secondary N) is 2. The molecule has 5 nitrogen and oxygen atoms in total. The van der Waals surface area contributed by atoms with Crippen LogP contribution in [0.15, 0.2) is 72.9 Å². The Labute approximate surface area is 159 Å². The van der Waals surface area contributed by atoms with Crippen LogP contribution >= 0.6 is 0 Å². The van der Waals surface area contributed by atoms with Crippen molar-refractivity contribution < 1.29 is 9.53 Å². The van der Waals surface area contributed by atoms with Gasteiger partial charge in [0, 0.05) is 30.0 Å². The number of hydrogen-bond acceptors (Lipinski definition) is 4. The van der Waals surface area contributed by atoms with Crippen molar-refractivity contribution >= 4 is 11.6 Å². The Bertz CT molecular complexity index is 897. The minimum absolute atomic E-state index is 0.123. The van der Waals surface area contributed by atoms with Gasteiger partial charge < -0.3 is 15.4 Å². The number of methoxy groups -OCH3 is 1. The van der Waals surface area contributed by atoms with E-state index in [0.29, 0.717) is 12.2 Å². The van der Waals surface area contributed by atoms with Gasteiger partial charge in [0.25, 0.3) is 5.91 Å². The molecule has 0 bridgehead atoms. The summed E-state index contributed by atoms with van der Waals surface area (Å²) in [7, 11) is 1.62. The van der Waals surface area contributed by atoms with Crippen molar-refractivity contribution in [1.82, 2.24) is 10.3 Å². The molecule has 1 heterocycles. The van der Waals surface area contributed by atoms with E-state index in [0.717, 1.165) is 17.0 Å². The molecule has 0 aliphatic heterocycles. The summed E-state index contributed by atoms with van der Waals surface area (Å²) >= 11 is 0. The molecule has 1 aromatic heterocycles. The number of para-hydroxylation sites is 1. The van der Waals surface area contributed by atoms with Gasteiger partial charge in [0.15, 0.2) is 0 Å². The number of rotatable bonds is 7. The molecule has 1 unspecified atom stereocenters. The number of nitrogens with zero attached hydrogens (tertiary/aromatic N) is 1. The number of carbonyl (C=O) groups is 1. The number of hydrogen-bond donors (Lipinski definition) is 2. The Kier molecular flexibility index (Phi) is 6.05. The van der Waals surface area contributed by atoms with Gasteiger partial charge in [0.1, 0.15) is 11.4 Å². The molecule has 0 saturated carbocycles. The van der Waals surface area contributed by atoms with Gasteiger partial charge in [0.2, 0.25) is 0 Å². The van der Waals surface area contributed by atoms with Crippen molar-refractivity contribution in [3.63, 3.8) is 0 Å². The third-order valence-corrected chi connectivity index (χ3v) is 4.31. The zero-order valence-electron chi connectivity index (χ0n) is 15.5. The molecule has 2 N–H and O–H groups in total. The molecule has 5 heteroatoms. The first-order chi connectivity index (χ1) is 13.2. The largest absolute Gasteiger partial charge is 0.496 e. The van der Waals surface area contributed by atoms with Crippen molar-refractivity contribution in [3.05, 3.63) is 89.7 Å². The number of amides is 1. The van der Waals surface area contributed by atoms with Gasteiger partial charge >= 0.3 is 0 Å². The molecule has 0 aliphatic rings. The fourth-order valence-electron chi connectivity index (χ4n) is 2.83. The van der Waals surface area contributed by atoms with Crippen LogP contribution in [0.4, 0.5) is 5.69 Å². The summed E-state index contributed by atoms with van der Waals surface area (Å²) < 4.78 is 5.31. The molecule has 2 aromatic carbocycles. The van der Waals surface area contributed by atoms with Gasteiger partial charge in [-0.05, 0) is 30.7 Å². The van der Waals surface area contributed by atoms with E-state index in [-0.39, 0.29) is 11.9 Å². The zero-order chi connectivity index (χ0) is 19.1. The van der Waals surface area contributed by atoms with Gasteiger partial charge in [-0.3, -0.25) is 9.78 Å². The lowest BCUT2D eigenvalue weighted by molar-refractivity contribution is 0.0945. The maximum Gasteiger partial charge on any atom is 0.270 e. The molecule has 27 heavy (non-hydrogen) atoms. The maximum absolute atomic E-state index is 12.5. The molecule has 0 spiro atoms. The van der Waals surface area contributed by atoms with Crippen LogP contribution in [0.5, 0.6) is 5.75 Å². The van der Waals surface area contributed by atoms with E-state index in [4.69, 9.17) is 4.74 Å². The maximum atomic E-state index is 12.5. The van der Waals surface area contributed by atoms with Gasteiger partial charge in [0.05, 0.1) is 7.11 Å². The van der Waals surface area contributed by atoms with Crippen LogP contribution in [0.2, 0.25) is 0 Å². The average molecular weight is 361 g/mol. The van der Waals surface area contributed by atoms with Gasteiger partial charge in [-0.15, -0.1) is 0 Å². The second-order valence-electron chi connectivity index (χ2n) is 6.20. The van der Waals surface area contributed by atoms with Crippen LogP contribution in [0, 0.1) is 0 Å². The molecule has 0 saturated heterocycles. The van der Waals surface area contributed by atoms with E-state index in [9.17, 15) is 4.79 Å². The van der Waals surface area contributed by atoms with Crippen LogP contribution in [0.3, 0.4) is 0 Å². The van der Waals surface area contributed by atoms with Crippen LogP contribution in [-0.2, 0) is 6.54 Å². The highest BCUT2D eigenvalue weighted by atomic mass is 16.5. The normalized spacial score (nSPS) is 11.5. The minimum atomic E-state index is -0.225. The second kappa shape index (κ2) is 8.85. The number of anilines is 1. The van der Waals surface area contributed by atoms with Gasteiger partial charge in [-0.2, -0.15) is 0 Å². The lowest BCUT2D eigenvalue weighted by atomic mass is 10.1. The third-order valence-electron chi connectivity index (χ3n) is 4.31. The van der Waals surface area contributed by atoms with E-state index in [1.165, 1.54) is 5.56 Å². The Morgan fingerprint density at radius 2 is 1.81 bits per heavy atom. The Hall–Kier alpha value is -3.34. The van der Waals surface area contributed by atoms with E-state index in [1.54, 1.807) is 19.4 Å². The number of pyridine rings is 1. The topological polar surface area (TPSA) is 63.2 Å². The van der Waals surface area contributed by atoms with Crippen molar-refractivity contribution in [2.45, 2.75) is 19.5 Å². The molecule has 3 aromatic rings. The van der Waals surface area contributed by atoms with Crippen molar-refractivity contribution in [3.8, 4) is 5.75 Å². The standard InChI is InChI=1S/C22H23N3O2/c1-16(17-8-4-3-5-9-17)25-19-12-13-23-20(14-19)22(26)24-15-18-10-6-7-11-21(18)27-2/h3-14,16H,15H2,1-2H3,(H,23,25)(H,24,26). The first-order valence-corrected chi connectivity index (χ1v) is 8.85. The second-order valence-corrected chi connectivity index (χ2v) is 6.20. The fraction of sp³-hybridized carbons (Fsp3) is 0.182. The summed E-state index contributed by atoms with van der Waals surface area (Å²) in [6.07, 6.45) is 1.64. The summed E-state index contributed by atoms with van der Waals surface area (Å²) in [5.74, 6) is 0.523. The summed E-state index contributed by atoms with van der Waals surface area (Å²) in [4.78, 5) is 16.7. The van der Waals surface area contributed by atoms with Crippen LogP contribution in [0.25, 0.3) is 0 Å². The van der Waals surface area contributed by atoms with Crippen molar-refractivity contribution in [2.24, 2.45) is 0 Å². The number of aromatic nitrogens is 1. The quantitative estimate of drug-likeness (QED) is 0.662. The van der Waals surface area contributed by atoms with Gasteiger partial charge in [-0.25, -0.2) is 0 Å². The van der Waals surface area contributed by atoms with Crippen molar-refractivity contribution in [2.75, 3.05) is 12.4 Å². The molecular weight excluding hydrogens is 338 g/mol. The Morgan fingerprint density at radius 3 is 2.59 bits per heavy atom. The number of carbonyl (C=O) groups excluding carboxylic acids is 1. The first-order valence-electron chi connectivity index (χ1n) is 8.85. The summed E-state index contributed by atoms with van der Waals surface area (Å²) in [5, 5.41) is 6.30. The first kappa shape index (κ1) is 18.5. The fourth-order valence-corrected chi connectivity index (χ4v) is 2.83. The van der Waals surface area contributed by atoms with E-state index in [1.807, 2.05) is 48.5 Å². The monoisotopic (exact) mass is 361 g/mol. The predicted octanol–water partition coefficient (Wildman–Crippen LogP) is 4.19. The molecule has 3 rings (SSSR count). The smallest absolute Gasteiger partial charge is 0.270 e. The van der Waals surface area contributed by atoms with Crippen LogP contribution < -0.4 is 15.4 Å². The van der Waals surface area contributed by atoms with E-state index >= 15 is 0 Å². The predicted molar refractivity (Wildman–Crippen MR) is 107 cm³/mol. The van der Waals surface area contributed by atoms with E-state index < -0.39 is 0 Å². The highest BCUT2D eigenvalue weighted by Gasteiger charge is 2.11. The number of benzene rings is 2. The van der Waals surface area contributed by atoms with Crippen LogP contribution in [-0.4, -0.2) is 18.0 Å². The lowest BCUT2D eigenvalue weighted by Gasteiger charge is -2.16. The SMILES string of the molecule is COc1ccccc1CNC(=O)c1cc(NC(C)c2ccccc2)ccn1. The zero-order valence-corrected chi connectivity index (χ0v) is 15.5. The summed E-state index contributed by atoms with van der Waals surface area (Å²) in [6, 6.07) is 21.5. The Morgan fingerprint density at radius 1 is 1.07 bits per heavy atom. The van der Waals surface area contributed by atoms with Gasteiger partial charge in [-0.1, -0.05) is 48.5 Å². The summed E-state index contributed by atoms with van der Waals surface area (Å²) in [6.45, 7) is 2.46. The van der Waals surface area contributed by atoms with Crippen LogP contribution in [0.1, 0.15) is 34.6 Å². The lowest BCUT2D eigenvalue weighted by Crippen LogP contribution is -2.24. The minimum Gasteiger partial charge on any atom is -0.496 e. The molecule has 0 fully saturated rings. The molecular formula is C22H23N3O2. The molecule has 1 atom stereocenters. The molecule has 0 radical (unpaired) electrons.